The molecule has 0 aromatic carbocycles. The highest BCUT2D eigenvalue weighted by molar-refractivity contribution is 5.44. The summed E-state index contributed by atoms with van der Waals surface area (Å²) in [5.74, 6) is 0. The zero-order valence-electron chi connectivity index (χ0n) is 2.55. The fourth-order valence-corrected chi connectivity index (χ4v) is 0.152. The molecule has 0 saturated heterocycles. The van der Waals surface area contributed by atoms with Crippen LogP contribution in [-0.4, -0.2) is 13.2 Å². The SMILES string of the molecule is C1=[N+]OCO1. The molecule has 27 valence electrons. The van der Waals surface area contributed by atoms with Crippen molar-refractivity contribution < 1.29 is 9.57 Å². The quantitative estimate of drug-likeness (QED) is 0.378. The molecule has 1 aliphatic rings. The smallest absolute Gasteiger partial charge is 0.397 e. The third-order valence-electron chi connectivity index (χ3n) is 0.313. The van der Waals surface area contributed by atoms with Gasteiger partial charge in [0.1, 0.15) is 0 Å². The first-order valence-electron chi connectivity index (χ1n) is 1.25. The Morgan fingerprint density at radius 3 is 3.00 bits per heavy atom. The molecule has 0 bridgehead atoms. The lowest BCUT2D eigenvalue weighted by Gasteiger charge is -1.67. The first-order chi connectivity index (χ1) is 2.50. The third-order valence-corrected chi connectivity index (χ3v) is 0.313. The zero-order valence-corrected chi connectivity index (χ0v) is 2.55. The number of oxime groups is 1. The van der Waals surface area contributed by atoms with E-state index in [1.54, 1.807) is 0 Å². The molecule has 0 aromatic heterocycles. The van der Waals surface area contributed by atoms with E-state index in [0.29, 0.717) is 0 Å². The molecule has 3 heteroatoms. The van der Waals surface area contributed by atoms with E-state index in [4.69, 9.17) is 0 Å². The Bertz CT molecular complexity index is 45.6. The highest BCUT2D eigenvalue weighted by atomic mass is 16.8. The summed E-state index contributed by atoms with van der Waals surface area (Å²) in [6.07, 6.45) is 1.26. The van der Waals surface area contributed by atoms with E-state index in [1.807, 2.05) is 0 Å². The van der Waals surface area contributed by atoms with E-state index >= 15 is 0 Å². The van der Waals surface area contributed by atoms with Crippen molar-refractivity contribution in [3.63, 3.8) is 0 Å². The zero-order chi connectivity index (χ0) is 3.54. The van der Waals surface area contributed by atoms with Gasteiger partial charge in [-0.05, 0) is 0 Å². The molecule has 0 aromatic rings. The fraction of sp³-hybridized carbons (Fsp3) is 0.500. The molecule has 0 fully saturated rings. The van der Waals surface area contributed by atoms with Crippen LogP contribution in [0.15, 0.2) is 0 Å². The molecule has 0 unspecified atom stereocenters. The Morgan fingerprint density at radius 1 is 1.80 bits per heavy atom. The van der Waals surface area contributed by atoms with Gasteiger partial charge >= 0.3 is 18.3 Å². The van der Waals surface area contributed by atoms with Gasteiger partial charge in [-0.1, -0.05) is 0 Å². The number of rotatable bonds is 0. The van der Waals surface area contributed by atoms with Crippen molar-refractivity contribution >= 4 is 6.40 Å². The van der Waals surface area contributed by atoms with Gasteiger partial charge in [-0.15, -0.1) is 0 Å². The topological polar surface area (TPSA) is 32.6 Å². The number of nitrogens with zero attached hydrogens (tertiary/aromatic N) is 1. The Hall–Kier alpha value is -0.730. The van der Waals surface area contributed by atoms with E-state index in [0.717, 1.165) is 0 Å². The van der Waals surface area contributed by atoms with Crippen LogP contribution in [0.4, 0.5) is 0 Å². The van der Waals surface area contributed by atoms with Crippen LogP contribution in [0.2, 0.25) is 0 Å². The van der Waals surface area contributed by atoms with Crippen LogP contribution in [0.1, 0.15) is 0 Å². The second kappa shape index (κ2) is 0.924. The van der Waals surface area contributed by atoms with Crippen LogP contribution in [0.25, 0.3) is 0 Å². The summed E-state index contributed by atoms with van der Waals surface area (Å²) < 4.78 is 4.43. The molecule has 0 amide bonds. The van der Waals surface area contributed by atoms with Gasteiger partial charge in [0.25, 0.3) is 0 Å². The van der Waals surface area contributed by atoms with Gasteiger partial charge in [0.05, 0.1) is 0 Å². The average Bonchev–Trinajstić information content (AvgIpc) is 1.76. The molecular formula is C2H3NO2+. The Morgan fingerprint density at radius 2 is 2.80 bits per heavy atom. The first kappa shape index (κ1) is 2.50. The van der Waals surface area contributed by atoms with Crippen molar-refractivity contribution in [1.29, 1.82) is 0 Å². The molecular weight excluding hydrogens is 70.0 g/mol. The molecule has 1 heterocycles. The van der Waals surface area contributed by atoms with Gasteiger partial charge in [-0.2, -0.15) is 4.84 Å². The fourth-order valence-electron chi connectivity index (χ4n) is 0.152. The minimum absolute atomic E-state index is 0.278. The van der Waals surface area contributed by atoms with Gasteiger partial charge < -0.3 is 4.74 Å². The van der Waals surface area contributed by atoms with Crippen LogP contribution in [0.5, 0.6) is 0 Å². The maximum atomic E-state index is 4.43. The van der Waals surface area contributed by atoms with Gasteiger partial charge in [-0.3, -0.25) is 0 Å². The summed E-state index contributed by atoms with van der Waals surface area (Å²) in [4.78, 5) is 4.29. The van der Waals surface area contributed by atoms with Gasteiger partial charge in [0.15, 0.2) is 0 Å². The molecule has 0 spiro atoms. The van der Waals surface area contributed by atoms with Crippen molar-refractivity contribution in [3.8, 4) is 0 Å². The second-order valence-electron chi connectivity index (χ2n) is 0.624. The highest BCUT2D eigenvalue weighted by Gasteiger charge is 2.01. The Kier molecular flexibility index (Phi) is 0.463. The summed E-state index contributed by atoms with van der Waals surface area (Å²) in [5, 5.41) is 3.24. The van der Waals surface area contributed by atoms with Gasteiger partial charge in [-0.25, -0.2) is 0 Å². The van der Waals surface area contributed by atoms with Crippen LogP contribution < -0.4 is 5.16 Å². The third kappa shape index (κ3) is 0.289. The molecule has 0 N–H and O–H groups in total. The average molecular weight is 73.1 g/mol. The van der Waals surface area contributed by atoms with Crippen LogP contribution in [-0.2, 0) is 9.57 Å². The van der Waals surface area contributed by atoms with Crippen molar-refractivity contribution in [2.75, 3.05) is 6.79 Å². The maximum absolute atomic E-state index is 4.43. The monoisotopic (exact) mass is 73.0 g/mol. The summed E-state index contributed by atoms with van der Waals surface area (Å²) >= 11 is 0. The summed E-state index contributed by atoms with van der Waals surface area (Å²) in [5.41, 5.74) is 0. The van der Waals surface area contributed by atoms with E-state index < -0.39 is 0 Å². The molecule has 0 saturated carbocycles. The number of ether oxygens (including phenoxy) is 1. The lowest BCUT2D eigenvalue weighted by molar-refractivity contribution is 0.0329. The molecule has 1 aliphatic heterocycles. The maximum Gasteiger partial charge on any atom is 0.462 e. The van der Waals surface area contributed by atoms with Crippen molar-refractivity contribution in [3.05, 3.63) is 0 Å². The predicted molar refractivity (Wildman–Crippen MR) is 15.2 cm³/mol. The highest BCUT2D eigenvalue weighted by Crippen LogP contribution is 1.71. The largest absolute Gasteiger partial charge is 0.462 e. The second-order valence-corrected chi connectivity index (χ2v) is 0.624. The molecule has 1 rings (SSSR count). The summed E-state index contributed by atoms with van der Waals surface area (Å²) in [7, 11) is 0. The van der Waals surface area contributed by atoms with E-state index in [9.17, 15) is 0 Å². The molecule has 0 atom stereocenters. The standard InChI is InChI=1S/C2H3NO2/c1-3-5-2-4-1/h1H,2H2/q+1. The molecule has 0 aliphatic carbocycles. The van der Waals surface area contributed by atoms with Crippen LogP contribution in [0, 0.1) is 0 Å². The van der Waals surface area contributed by atoms with E-state index in [-0.39, 0.29) is 6.79 Å². The summed E-state index contributed by atoms with van der Waals surface area (Å²) in [6, 6.07) is 0. The van der Waals surface area contributed by atoms with E-state index in [1.165, 1.54) is 6.40 Å². The predicted octanol–water partition coefficient (Wildman–Crippen LogP) is -0.730. The molecule has 1 radical (unpaired) electrons. The van der Waals surface area contributed by atoms with Crippen LogP contribution >= 0.6 is 0 Å². The lowest BCUT2D eigenvalue weighted by Crippen LogP contribution is -1.80. The van der Waals surface area contributed by atoms with Crippen LogP contribution in [0.3, 0.4) is 0 Å². The van der Waals surface area contributed by atoms with Crippen molar-refractivity contribution in [2.24, 2.45) is 0 Å². The minimum Gasteiger partial charge on any atom is -0.397 e. The lowest BCUT2D eigenvalue weighted by atomic mass is 11.4. The van der Waals surface area contributed by atoms with Gasteiger partial charge in [0.2, 0.25) is 0 Å². The Balaban J connectivity index is 2.32. The van der Waals surface area contributed by atoms with Crippen molar-refractivity contribution in [2.45, 2.75) is 0 Å². The minimum atomic E-state index is 0.278. The van der Waals surface area contributed by atoms with E-state index in [2.05, 4.69) is 14.7 Å². The number of hydrogen-bond donors (Lipinski definition) is 0. The molecule has 3 nitrogen and oxygen atoms in total. The summed E-state index contributed by atoms with van der Waals surface area (Å²) in [6.45, 7) is 0.278. The normalized spacial score (nSPS) is 17.6. The molecule has 5 heavy (non-hydrogen) atoms. The first-order valence-corrected chi connectivity index (χ1v) is 1.25. The van der Waals surface area contributed by atoms with Crippen molar-refractivity contribution in [1.82, 2.24) is 5.16 Å². The van der Waals surface area contributed by atoms with Gasteiger partial charge in [0, 0.05) is 0 Å². The number of hydrogen-bond acceptors (Lipinski definition) is 3. The Labute approximate surface area is 29.2 Å².